The van der Waals surface area contributed by atoms with Gasteiger partial charge in [-0.2, -0.15) is 0 Å². The van der Waals surface area contributed by atoms with Gasteiger partial charge in [0.05, 0.1) is 23.2 Å². The number of aromatic hydroxyl groups is 3. The Labute approximate surface area is 208 Å². The number of carbonyl (C=O) groups is 2. The number of allylic oxidation sites excluding steroid dienone is 2. The molecule has 1 fully saturated rings. The SMILES string of the molecule is CC(=O)OC1C(=O)c2c(c(CC=C(C)C)c3cc(O)cc(O)c3c2O)CC1(O)CC1CC(C)ONO1. The molecule has 4 atom stereocenters. The van der Waals surface area contributed by atoms with Gasteiger partial charge in [0, 0.05) is 32.3 Å². The van der Waals surface area contributed by atoms with E-state index in [2.05, 4.69) is 5.64 Å². The maximum atomic E-state index is 13.8. The van der Waals surface area contributed by atoms with Crippen molar-refractivity contribution >= 4 is 22.5 Å². The molecule has 2 aromatic carbocycles. The summed E-state index contributed by atoms with van der Waals surface area (Å²) in [5.41, 5.74) is 2.26. The molecule has 0 spiro atoms. The van der Waals surface area contributed by atoms with Crippen molar-refractivity contribution in [2.45, 2.75) is 77.3 Å². The standard InChI is InChI=1S/C26H31NO9/c1-12(2)5-6-17-18-8-15(29)9-20(30)21(18)23(31)22-19(17)11-26(33,25(24(22)32)34-14(4)28)10-16-7-13(3)35-27-36-16/h5,8-9,13,16,25,27,29-31,33H,6-7,10-11H2,1-4H3. The van der Waals surface area contributed by atoms with Crippen LogP contribution in [0.15, 0.2) is 23.8 Å². The molecular formula is C26H31NO9. The molecule has 2 aromatic rings. The molecule has 194 valence electrons. The third-order valence-corrected chi connectivity index (χ3v) is 6.66. The Morgan fingerprint density at radius 1 is 1.22 bits per heavy atom. The van der Waals surface area contributed by atoms with Gasteiger partial charge in [-0.25, -0.2) is 0 Å². The molecule has 4 unspecified atom stereocenters. The fourth-order valence-corrected chi connectivity index (χ4v) is 5.13. The fourth-order valence-electron chi connectivity index (χ4n) is 5.13. The van der Waals surface area contributed by atoms with E-state index in [4.69, 9.17) is 14.4 Å². The normalized spacial score (nSPS) is 25.9. The van der Waals surface area contributed by atoms with Gasteiger partial charge in [-0.1, -0.05) is 17.3 Å². The minimum absolute atomic E-state index is 0.00476. The van der Waals surface area contributed by atoms with Crippen molar-refractivity contribution in [3.63, 3.8) is 0 Å². The number of hydrogen-bond acceptors (Lipinski definition) is 10. The lowest BCUT2D eigenvalue weighted by atomic mass is 9.71. The number of carbonyl (C=O) groups excluding carboxylic acids is 2. The number of Topliss-reactive ketones (excluding diaryl/α,β-unsaturated/α-hetero) is 1. The molecule has 1 aliphatic heterocycles. The van der Waals surface area contributed by atoms with E-state index in [0.717, 1.165) is 18.6 Å². The summed E-state index contributed by atoms with van der Waals surface area (Å²) in [7, 11) is 0. The predicted molar refractivity (Wildman–Crippen MR) is 128 cm³/mol. The largest absolute Gasteiger partial charge is 0.508 e. The van der Waals surface area contributed by atoms with Crippen molar-refractivity contribution in [3.8, 4) is 17.2 Å². The number of benzene rings is 2. The minimum Gasteiger partial charge on any atom is -0.508 e. The van der Waals surface area contributed by atoms with Crippen LogP contribution in [-0.4, -0.2) is 56.1 Å². The van der Waals surface area contributed by atoms with Crippen molar-refractivity contribution < 1.29 is 44.4 Å². The van der Waals surface area contributed by atoms with Crippen LogP contribution in [0.4, 0.5) is 0 Å². The van der Waals surface area contributed by atoms with Crippen molar-refractivity contribution in [3.05, 3.63) is 40.5 Å². The number of ketones is 1. The fraction of sp³-hybridized carbons (Fsp3) is 0.462. The maximum absolute atomic E-state index is 13.8. The van der Waals surface area contributed by atoms with Crippen LogP contribution >= 0.6 is 0 Å². The average Bonchev–Trinajstić information content (AvgIpc) is 2.75. The number of hydrogen-bond donors (Lipinski definition) is 5. The van der Waals surface area contributed by atoms with E-state index in [1.54, 1.807) is 0 Å². The Balaban J connectivity index is 1.95. The molecule has 1 heterocycles. The molecule has 0 saturated carbocycles. The summed E-state index contributed by atoms with van der Waals surface area (Å²) in [5, 5.41) is 44.1. The van der Waals surface area contributed by atoms with Crippen LogP contribution in [0, 0.1) is 0 Å². The number of nitrogens with one attached hydrogen (secondary N) is 1. The molecular weight excluding hydrogens is 470 g/mol. The van der Waals surface area contributed by atoms with Gasteiger partial charge in [0.1, 0.15) is 22.8 Å². The van der Waals surface area contributed by atoms with Crippen molar-refractivity contribution in [1.29, 1.82) is 0 Å². The first kappa shape index (κ1) is 25.9. The number of rotatable bonds is 5. The second-order valence-corrected chi connectivity index (χ2v) is 9.88. The first-order chi connectivity index (χ1) is 16.9. The summed E-state index contributed by atoms with van der Waals surface area (Å²) in [6.07, 6.45) is 0.0189. The van der Waals surface area contributed by atoms with Crippen LogP contribution in [0.2, 0.25) is 0 Å². The number of phenols is 3. The Bertz CT molecular complexity index is 1250. The molecule has 1 saturated heterocycles. The number of ether oxygens (including phenoxy) is 1. The molecule has 1 aliphatic carbocycles. The Kier molecular flexibility index (Phi) is 6.98. The van der Waals surface area contributed by atoms with Gasteiger partial charge in [-0.15, -0.1) is 0 Å². The zero-order valence-electron chi connectivity index (χ0n) is 20.6. The van der Waals surface area contributed by atoms with E-state index in [9.17, 15) is 30.0 Å². The summed E-state index contributed by atoms with van der Waals surface area (Å²) in [5.74, 6) is -2.68. The van der Waals surface area contributed by atoms with Crippen molar-refractivity contribution in [2.24, 2.45) is 0 Å². The highest BCUT2D eigenvalue weighted by atomic mass is 16.9. The lowest BCUT2D eigenvalue weighted by Gasteiger charge is -2.42. The molecule has 10 heteroatoms. The van der Waals surface area contributed by atoms with E-state index in [1.165, 1.54) is 6.07 Å². The van der Waals surface area contributed by atoms with Gasteiger partial charge in [-0.3, -0.25) is 19.3 Å². The predicted octanol–water partition coefficient (Wildman–Crippen LogP) is 2.87. The van der Waals surface area contributed by atoms with E-state index in [1.807, 2.05) is 26.8 Å². The highest BCUT2D eigenvalue weighted by Crippen LogP contribution is 2.48. The first-order valence-corrected chi connectivity index (χ1v) is 11.8. The van der Waals surface area contributed by atoms with Crippen LogP contribution in [0.25, 0.3) is 10.8 Å². The molecule has 2 aliphatic rings. The van der Waals surface area contributed by atoms with E-state index >= 15 is 0 Å². The second kappa shape index (κ2) is 9.70. The lowest BCUT2D eigenvalue weighted by molar-refractivity contribution is -0.274. The molecule has 0 bridgehead atoms. The Morgan fingerprint density at radius 3 is 2.58 bits per heavy atom. The highest BCUT2D eigenvalue weighted by molar-refractivity contribution is 6.12. The molecule has 0 radical (unpaired) electrons. The Morgan fingerprint density at radius 2 is 1.94 bits per heavy atom. The lowest BCUT2D eigenvalue weighted by Crippen LogP contribution is -2.57. The van der Waals surface area contributed by atoms with Gasteiger partial charge in [-0.05, 0) is 49.8 Å². The summed E-state index contributed by atoms with van der Waals surface area (Å²) >= 11 is 0. The van der Waals surface area contributed by atoms with Gasteiger partial charge in [0.25, 0.3) is 0 Å². The van der Waals surface area contributed by atoms with Crippen LogP contribution in [-0.2, 0) is 32.0 Å². The number of aliphatic hydroxyl groups is 1. The Hall–Kier alpha value is -3.18. The van der Waals surface area contributed by atoms with E-state index in [-0.39, 0.29) is 35.6 Å². The number of esters is 1. The summed E-state index contributed by atoms with van der Waals surface area (Å²) in [6, 6.07) is 2.47. The first-order valence-electron chi connectivity index (χ1n) is 11.8. The van der Waals surface area contributed by atoms with Gasteiger partial charge < -0.3 is 25.2 Å². The minimum atomic E-state index is -1.86. The summed E-state index contributed by atoms with van der Waals surface area (Å²) < 4.78 is 5.33. The summed E-state index contributed by atoms with van der Waals surface area (Å²) in [4.78, 5) is 36.3. The molecule has 0 amide bonds. The maximum Gasteiger partial charge on any atom is 0.303 e. The van der Waals surface area contributed by atoms with Crippen molar-refractivity contribution in [1.82, 2.24) is 5.64 Å². The highest BCUT2D eigenvalue weighted by Gasteiger charge is 2.52. The third kappa shape index (κ3) is 4.77. The van der Waals surface area contributed by atoms with Crippen LogP contribution in [0.3, 0.4) is 0 Å². The van der Waals surface area contributed by atoms with Gasteiger partial charge in [0.15, 0.2) is 6.10 Å². The quantitative estimate of drug-likeness (QED) is 0.305. The molecule has 10 nitrogen and oxygen atoms in total. The number of phenolic OH excluding ortho intramolecular Hbond substituents is 3. The zero-order chi connectivity index (χ0) is 26.4. The van der Waals surface area contributed by atoms with Crippen molar-refractivity contribution in [2.75, 3.05) is 0 Å². The molecule has 36 heavy (non-hydrogen) atoms. The van der Waals surface area contributed by atoms with Crippen LogP contribution in [0.5, 0.6) is 17.2 Å². The third-order valence-electron chi connectivity index (χ3n) is 6.66. The summed E-state index contributed by atoms with van der Waals surface area (Å²) in [6.45, 7) is 6.75. The molecule has 5 N–H and O–H groups in total. The zero-order valence-corrected chi connectivity index (χ0v) is 20.6. The van der Waals surface area contributed by atoms with Crippen LogP contribution < -0.4 is 5.64 Å². The molecule has 4 rings (SSSR count). The second-order valence-electron chi connectivity index (χ2n) is 9.88. The monoisotopic (exact) mass is 501 g/mol. The molecule has 0 aromatic heterocycles. The van der Waals surface area contributed by atoms with Gasteiger partial charge >= 0.3 is 5.97 Å². The average molecular weight is 502 g/mol. The van der Waals surface area contributed by atoms with Crippen LogP contribution in [0.1, 0.15) is 62.0 Å². The smallest absolute Gasteiger partial charge is 0.303 e. The van der Waals surface area contributed by atoms with E-state index in [0.29, 0.717) is 29.4 Å². The number of fused-ring (bicyclic) bond motifs is 2. The van der Waals surface area contributed by atoms with E-state index < -0.39 is 41.1 Å². The van der Waals surface area contributed by atoms with Gasteiger partial charge in [0.2, 0.25) is 5.78 Å². The topological polar surface area (TPSA) is 155 Å².